The number of aliphatic hydroxyl groups excluding tert-OH is 1. The first-order valence-electron chi connectivity index (χ1n) is 8.05. The molecule has 0 bridgehead atoms. The highest BCUT2D eigenvalue weighted by Crippen LogP contribution is 2.29. The van der Waals surface area contributed by atoms with Crippen molar-refractivity contribution in [3.05, 3.63) is 70.3 Å². The SMILES string of the molecule is CS(=O)(=O)c1cccc(C(O)Nc2ccc(-n3[nH]c(=O)cc3C(F)(F)F)cn2)c1. The van der Waals surface area contributed by atoms with Gasteiger partial charge < -0.3 is 10.4 Å². The van der Waals surface area contributed by atoms with Crippen LogP contribution in [0.1, 0.15) is 17.5 Å². The quantitative estimate of drug-likeness (QED) is 0.536. The van der Waals surface area contributed by atoms with Crippen LogP contribution in [0.3, 0.4) is 0 Å². The molecule has 0 fully saturated rings. The fourth-order valence-corrected chi connectivity index (χ4v) is 3.22. The number of anilines is 1. The highest BCUT2D eigenvalue weighted by Gasteiger charge is 2.35. The van der Waals surface area contributed by atoms with Gasteiger partial charge in [0.05, 0.1) is 16.8 Å². The number of nitrogens with zero attached hydrogens (tertiary/aromatic N) is 2. The lowest BCUT2D eigenvalue weighted by molar-refractivity contribution is -0.142. The van der Waals surface area contributed by atoms with Crippen molar-refractivity contribution in [2.75, 3.05) is 11.6 Å². The number of aliphatic hydroxyl groups is 1. The number of rotatable bonds is 5. The summed E-state index contributed by atoms with van der Waals surface area (Å²) in [6.07, 6.45) is -3.94. The molecule has 3 N–H and O–H groups in total. The van der Waals surface area contributed by atoms with E-state index in [1.165, 1.54) is 36.4 Å². The number of hydrogen-bond donors (Lipinski definition) is 3. The van der Waals surface area contributed by atoms with Gasteiger partial charge in [0, 0.05) is 17.9 Å². The zero-order chi connectivity index (χ0) is 21.4. The van der Waals surface area contributed by atoms with Gasteiger partial charge in [-0.2, -0.15) is 13.2 Å². The average molecular weight is 428 g/mol. The third kappa shape index (κ3) is 4.66. The van der Waals surface area contributed by atoms with Crippen molar-refractivity contribution in [3.63, 3.8) is 0 Å². The summed E-state index contributed by atoms with van der Waals surface area (Å²) in [7, 11) is -3.46. The molecule has 8 nitrogen and oxygen atoms in total. The van der Waals surface area contributed by atoms with E-state index in [0.29, 0.717) is 10.7 Å². The van der Waals surface area contributed by atoms with Crippen molar-refractivity contribution in [1.82, 2.24) is 14.8 Å². The van der Waals surface area contributed by atoms with Crippen LogP contribution in [0.4, 0.5) is 19.0 Å². The molecule has 0 spiro atoms. The van der Waals surface area contributed by atoms with E-state index >= 15 is 0 Å². The summed E-state index contributed by atoms with van der Waals surface area (Å²) in [5.74, 6) is 0.120. The Hall–Kier alpha value is -3.12. The Morgan fingerprint density at radius 1 is 1.21 bits per heavy atom. The Bertz CT molecular complexity index is 1180. The highest BCUT2D eigenvalue weighted by atomic mass is 32.2. The number of benzene rings is 1. The van der Waals surface area contributed by atoms with E-state index in [-0.39, 0.29) is 22.0 Å². The van der Waals surface area contributed by atoms with Crippen LogP contribution in [0, 0.1) is 0 Å². The topological polar surface area (TPSA) is 117 Å². The number of nitrogens with one attached hydrogen (secondary N) is 2. The van der Waals surface area contributed by atoms with E-state index in [0.717, 1.165) is 12.5 Å². The summed E-state index contributed by atoms with van der Waals surface area (Å²) in [5.41, 5.74) is -1.88. The molecule has 12 heteroatoms. The fraction of sp³-hybridized carbons (Fsp3) is 0.176. The van der Waals surface area contributed by atoms with Crippen molar-refractivity contribution in [2.45, 2.75) is 17.3 Å². The number of aromatic amines is 1. The standard InChI is InChI=1S/C17H15F3N4O4S/c1-29(27,28)12-4-2-3-10(7-12)16(26)22-14-6-5-11(9-21-14)24-13(17(18,19)20)8-15(25)23-24/h2-9,16,26H,1H3,(H,21,22)(H,23,25). The molecule has 0 amide bonds. The minimum absolute atomic E-state index is 0.0235. The Balaban J connectivity index is 1.83. The third-order valence-electron chi connectivity index (χ3n) is 3.91. The molecule has 154 valence electrons. The molecule has 2 aromatic heterocycles. The maximum absolute atomic E-state index is 13.0. The highest BCUT2D eigenvalue weighted by molar-refractivity contribution is 7.90. The number of sulfone groups is 1. The van der Waals surface area contributed by atoms with Crippen LogP contribution in [0.2, 0.25) is 0 Å². The Morgan fingerprint density at radius 2 is 1.93 bits per heavy atom. The summed E-state index contributed by atoms with van der Waals surface area (Å²) < 4.78 is 62.8. The second-order valence-electron chi connectivity index (χ2n) is 6.13. The molecule has 29 heavy (non-hydrogen) atoms. The molecular weight excluding hydrogens is 413 g/mol. The molecule has 1 atom stereocenters. The summed E-state index contributed by atoms with van der Waals surface area (Å²) in [6, 6.07) is 8.65. The molecule has 0 aliphatic rings. The lowest BCUT2D eigenvalue weighted by Crippen LogP contribution is -2.14. The summed E-state index contributed by atoms with van der Waals surface area (Å²) in [4.78, 5) is 15.3. The van der Waals surface area contributed by atoms with E-state index < -0.39 is 33.5 Å². The molecule has 1 aromatic carbocycles. The number of hydrogen-bond acceptors (Lipinski definition) is 6. The lowest BCUT2D eigenvalue weighted by atomic mass is 10.2. The molecule has 2 heterocycles. The van der Waals surface area contributed by atoms with E-state index in [9.17, 15) is 31.5 Å². The maximum Gasteiger partial charge on any atom is 0.433 e. The average Bonchev–Trinajstić information content (AvgIpc) is 3.04. The molecule has 3 rings (SSSR count). The van der Waals surface area contributed by atoms with Crippen LogP contribution in [-0.2, 0) is 16.0 Å². The lowest BCUT2D eigenvalue weighted by Gasteiger charge is -2.15. The van der Waals surface area contributed by atoms with Gasteiger partial charge in [-0.15, -0.1) is 0 Å². The van der Waals surface area contributed by atoms with Crippen molar-refractivity contribution >= 4 is 15.7 Å². The van der Waals surface area contributed by atoms with Crippen LogP contribution < -0.4 is 10.9 Å². The Morgan fingerprint density at radius 3 is 2.52 bits per heavy atom. The number of alkyl halides is 3. The molecule has 0 saturated heterocycles. The smallest absolute Gasteiger partial charge is 0.369 e. The van der Waals surface area contributed by atoms with Crippen LogP contribution >= 0.6 is 0 Å². The predicted molar refractivity (Wildman–Crippen MR) is 97.3 cm³/mol. The van der Waals surface area contributed by atoms with Gasteiger partial charge in [-0.25, -0.2) is 18.1 Å². The zero-order valence-electron chi connectivity index (χ0n) is 14.8. The Labute approximate surface area is 162 Å². The van der Waals surface area contributed by atoms with Crippen LogP contribution in [-0.4, -0.2) is 34.5 Å². The van der Waals surface area contributed by atoms with E-state index in [4.69, 9.17) is 0 Å². The van der Waals surface area contributed by atoms with Gasteiger partial charge in [-0.3, -0.25) is 9.89 Å². The first kappa shape index (κ1) is 20.6. The van der Waals surface area contributed by atoms with E-state index in [1.807, 2.05) is 5.10 Å². The van der Waals surface area contributed by atoms with Gasteiger partial charge in [0.15, 0.2) is 16.1 Å². The van der Waals surface area contributed by atoms with Gasteiger partial charge in [0.25, 0.3) is 5.56 Å². The zero-order valence-corrected chi connectivity index (χ0v) is 15.6. The third-order valence-corrected chi connectivity index (χ3v) is 5.02. The van der Waals surface area contributed by atoms with Crippen LogP contribution in [0.25, 0.3) is 5.69 Å². The largest absolute Gasteiger partial charge is 0.433 e. The predicted octanol–water partition coefficient (Wildman–Crippen LogP) is 2.09. The van der Waals surface area contributed by atoms with Gasteiger partial charge in [-0.1, -0.05) is 12.1 Å². The number of H-pyrrole nitrogens is 1. The van der Waals surface area contributed by atoms with Gasteiger partial charge in [0.1, 0.15) is 11.5 Å². The molecule has 1 unspecified atom stereocenters. The van der Waals surface area contributed by atoms with Gasteiger partial charge in [-0.05, 0) is 24.3 Å². The summed E-state index contributed by atoms with van der Waals surface area (Å²) in [6.45, 7) is 0. The molecule has 0 aliphatic carbocycles. The van der Waals surface area contributed by atoms with Crippen LogP contribution in [0.15, 0.2) is 58.4 Å². The number of aromatic nitrogens is 3. The molecule has 0 aliphatic heterocycles. The first-order chi connectivity index (χ1) is 13.4. The molecule has 0 saturated carbocycles. The molecule has 0 radical (unpaired) electrons. The Kier molecular flexibility index (Phi) is 5.24. The minimum atomic E-state index is -4.74. The summed E-state index contributed by atoms with van der Waals surface area (Å²) >= 11 is 0. The van der Waals surface area contributed by atoms with Crippen molar-refractivity contribution in [2.24, 2.45) is 0 Å². The van der Waals surface area contributed by atoms with Crippen molar-refractivity contribution in [1.29, 1.82) is 0 Å². The summed E-state index contributed by atoms with van der Waals surface area (Å²) in [5, 5.41) is 14.9. The van der Waals surface area contributed by atoms with Crippen LogP contribution in [0.5, 0.6) is 0 Å². The van der Waals surface area contributed by atoms with Gasteiger partial charge in [0.2, 0.25) is 0 Å². The van der Waals surface area contributed by atoms with Crippen molar-refractivity contribution in [3.8, 4) is 5.69 Å². The van der Waals surface area contributed by atoms with E-state index in [1.54, 1.807) is 0 Å². The monoisotopic (exact) mass is 428 g/mol. The van der Waals surface area contributed by atoms with Crippen molar-refractivity contribution < 1.29 is 26.7 Å². The minimum Gasteiger partial charge on any atom is -0.369 e. The fourth-order valence-electron chi connectivity index (χ4n) is 2.55. The number of halogens is 3. The van der Waals surface area contributed by atoms with Gasteiger partial charge >= 0.3 is 6.18 Å². The normalized spacial score (nSPS) is 13.3. The second-order valence-corrected chi connectivity index (χ2v) is 8.15. The first-order valence-corrected chi connectivity index (χ1v) is 9.94. The molecular formula is C17H15F3N4O4S. The van der Waals surface area contributed by atoms with E-state index in [2.05, 4.69) is 10.3 Å². The number of pyridine rings is 1. The second kappa shape index (κ2) is 7.37. The molecule has 3 aromatic rings. The maximum atomic E-state index is 13.0.